The number of oxime groups is 1. The van der Waals surface area contributed by atoms with Gasteiger partial charge in [0, 0.05) is 34.7 Å². The van der Waals surface area contributed by atoms with E-state index in [0.717, 1.165) is 6.07 Å². The van der Waals surface area contributed by atoms with Gasteiger partial charge in [-0.05, 0) is 32.0 Å². The summed E-state index contributed by atoms with van der Waals surface area (Å²) in [7, 11) is 0. The molecule has 1 aromatic carbocycles. The van der Waals surface area contributed by atoms with E-state index in [1.54, 1.807) is 0 Å². The summed E-state index contributed by atoms with van der Waals surface area (Å²) in [5.41, 5.74) is -0.875. The van der Waals surface area contributed by atoms with Crippen LogP contribution in [0.4, 0.5) is 8.78 Å². The molecule has 9 nitrogen and oxygen atoms in total. The number of hydrogen-bond acceptors (Lipinski definition) is 8. The Morgan fingerprint density at radius 3 is 2.69 bits per heavy atom. The number of rotatable bonds is 5. The van der Waals surface area contributed by atoms with Gasteiger partial charge < -0.3 is 10.3 Å². The van der Waals surface area contributed by atoms with Crippen LogP contribution in [-0.4, -0.2) is 47.1 Å². The molecule has 0 saturated carbocycles. The van der Waals surface area contributed by atoms with Gasteiger partial charge in [0.2, 0.25) is 5.78 Å². The van der Waals surface area contributed by atoms with Crippen molar-refractivity contribution in [2.45, 2.75) is 32.3 Å². The number of aliphatic hydroxyl groups is 1. The summed E-state index contributed by atoms with van der Waals surface area (Å²) in [5, 5.41) is 33.6. The number of fused-ring (bicyclic) bond motifs is 2. The standard InChI is InChI=1S/C21H18F2N6O3/c1-10(20-27-26-17-5-4-14(28-29(17)20)16(30)9-25-32)18-13(22)7-15-12(19(18)23)6-11(8-24-15)21(2,3)31/h4-10,31-32H,1-3H3/b25-9+. The van der Waals surface area contributed by atoms with Gasteiger partial charge >= 0.3 is 0 Å². The van der Waals surface area contributed by atoms with Crippen LogP contribution < -0.4 is 0 Å². The maximum Gasteiger partial charge on any atom is 0.227 e. The van der Waals surface area contributed by atoms with Gasteiger partial charge in [-0.1, -0.05) is 12.1 Å². The highest BCUT2D eigenvalue weighted by Gasteiger charge is 2.27. The first kappa shape index (κ1) is 21.4. The number of nitrogens with zero attached hydrogens (tertiary/aromatic N) is 6. The predicted octanol–water partition coefficient (Wildman–Crippen LogP) is 2.97. The second-order valence-corrected chi connectivity index (χ2v) is 7.81. The average Bonchev–Trinajstić information content (AvgIpc) is 3.16. The van der Waals surface area contributed by atoms with Crippen molar-refractivity contribution in [3.8, 4) is 0 Å². The van der Waals surface area contributed by atoms with Gasteiger partial charge in [0.25, 0.3) is 0 Å². The summed E-state index contributed by atoms with van der Waals surface area (Å²) < 4.78 is 31.7. The van der Waals surface area contributed by atoms with Crippen molar-refractivity contribution >= 4 is 28.5 Å². The quantitative estimate of drug-likeness (QED) is 0.211. The molecule has 0 aliphatic rings. The topological polar surface area (TPSA) is 126 Å². The van der Waals surface area contributed by atoms with Gasteiger partial charge in [0.15, 0.2) is 11.5 Å². The molecule has 0 aliphatic heterocycles. The molecule has 1 atom stereocenters. The Hall–Kier alpha value is -3.86. The fraction of sp³-hybridized carbons (Fsp3) is 0.238. The largest absolute Gasteiger partial charge is 0.411 e. The Morgan fingerprint density at radius 2 is 2.00 bits per heavy atom. The zero-order chi connectivity index (χ0) is 23.2. The van der Waals surface area contributed by atoms with Crippen molar-refractivity contribution in [1.82, 2.24) is 24.8 Å². The molecule has 0 radical (unpaired) electrons. The van der Waals surface area contributed by atoms with Crippen LogP contribution in [0.2, 0.25) is 0 Å². The van der Waals surface area contributed by atoms with Crippen LogP contribution in [0, 0.1) is 11.6 Å². The number of pyridine rings is 1. The first-order valence-corrected chi connectivity index (χ1v) is 9.56. The van der Waals surface area contributed by atoms with Crippen molar-refractivity contribution in [3.05, 3.63) is 64.7 Å². The van der Waals surface area contributed by atoms with E-state index < -0.39 is 28.9 Å². The molecule has 0 saturated heterocycles. The molecular weight excluding hydrogens is 422 g/mol. The fourth-order valence-corrected chi connectivity index (χ4v) is 3.40. The number of ketones is 1. The van der Waals surface area contributed by atoms with Gasteiger partial charge in [-0.15, -0.1) is 10.2 Å². The average molecular weight is 440 g/mol. The number of benzene rings is 1. The molecule has 0 aliphatic carbocycles. The number of carbonyl (C=O) groups excluding carboxylic acids is 1. The smallest absolute Gasteiger partial charge is 0.227 e. The van der Waals surface area contributed by atoms with Crippen molar-refractivity contribution in [3.63, 3.8) is 0 Å². The minimum absolute atomic E-state index is 0.0460. The zero-order valence-electron chi connectivity index (χ0n) is 17.3. The molecule has 0 spiro atoms. The lowest BCUT2D eigenvalue weighted by molar-refractivity contribution is 0.0784. The minimum atomic E-state index is -1.26. The van der Waals surface area contributed by atoms with E-state index in [2.05, 4.69) is 25.4 Å². The highest BCUT2D eigenvalue weighted by atomic mass is 19.1. The molecule has 2 N–H and O–H groups in total. The van der Waals surface area contributed by atoms with E-state index in [4.69, 9.17) is 5.21 Å². The Morgan fingerprint density at radius 1 is 1.25 bits per heavy atom. The normalized spacial score (nSPS) is 13.3. The first-order chi connectivity index (χ1) is 15.1. The zero-order valence-corrected chi connectivity index (χ0v) is 17.3. The number of halogens is 2. The van der Waals surface area contributed by atoms with Crippen LogP contribution in [0.15, 0.2) is 35.6 Å². The summed E-state index contributed by atoms with van der Waals surface area (Å²) in [4.78, 5) is 16.0. The van der Waals surface area contributed by atoms with Crippen LogP contribution in [0.25, 0.3) is 16.6 Å². The Bertz CT molecular complexity index is 1390. The second-order valence-electron chi connectivity index (χ2n) is 7.81. The maximum atomic E-state index is 15.5. The minimum Gasteiger partial charge on any atom is -0.411 e. The van der Waals surface area contributed by atoms with Crippen LogP contribution in [0.3, 0.4) is 0 Å². The molecular formula is C21H18F2N6O3. The molecule has 4 rings (SSSR count). The Kier molecular flexibility index (Phi) is 5.13. The molecule has 3 heterocycles. The SMILES string of the molecule is CC(c1c(F)cc2ncc(C(C)(C)O)cc2c1F)c1nnc2ccc(C(=O)/C=N/O)nn12. The van der Waals surface area contributed by atoms with Gasteiger partial charge in [-0.3, -0.25) is 9.78 Å². The highest BCUT2D eigenvalue weighted by molar-refractivity contribution is 6.34. The third kappa shape index (κ3) is 3.56. The summed E-state index contributed by atoms with van der Waals surface area (Å²) in [6, 6.07) is 5.37. The number of carbonyl (C=O) groups is 1. The van der Waals surface area contributed by atoms with Crippen LogP contribution in [0.5, 0.6) is 0 Å². The van der Waals surface area contributed by atoms with Gasteiger partial charge in [-0.25, -0.2) is 8.78 Å². The van der Waals surface area contributed by atoms with Gasteiger partial charge in [0.05, 0.1) is 11.1 Å². The van der Waals surface area contributed by atoms with E-state index in [1.165, 1.54) is 49.7 Å². The summed E-state index contributed by atoms with van der Waals surface area (Å²) in [6.45, 7) is 4.60. The number of aromatic nitrogens is 5. The predicted molar refractivity (Wildman–Crippen MR) is 110 cm³/mol. The van der Waals surface area contributed by atoms with Crippen LogP contribution in [0.1, 0.15) is 54.1 Å². The van der Waals surface area contributed by atoms with Crippen molar-refractivity contribution in [2.75, 3.05) is 0 Å². The Balaban J connectivity index is 1.88. The lowest BCUT2D eigenvalue weighted by Gasteiger charge is -2.19. The van der Waals surface area contributed by atoms with E-state index in [1.807, 2.05) is 0 Å². The van der Waals surface area contributed by atoms with Crippen LogP contribution >= 0.6 is 0 Å². The Labute approximate surface area is 180 Å². The van der Waals surface area contributed by atoms with Gasteiger partial charge in [-0.2, -0.15) is 9.61 Å². The molecule has 11 heteroatoms. The molecule has 0 fully saturated rings. The van der Waals surface area contributed by atoms with Gasteiger partial charge in [0.1, 0.15) is 23.5 Å². The third-order valence-corrected chi connectivity index (χ3v) is 5.15. The molecule has 0 bridgehead atoms. The van der Waals surface area contributed by atoms with E-state index in [-0.39, 0.29) is 33.6 Å². The third-order valence-electron chi connectivity index (χ3n) is 5.15. The number of Topliss-reactive ketones (excluding diaryl/α,β-unsaturated/α-hetero) is 1. The van der Waals surface area contributed by atoms with E-state index in [9.17, 15) is 14.3 Å². The van der Waals surface area contributed by atoms with E-state index >= 15 is 4.39 Å². The second kappa shape index (κ2) is 7.68. The lowest BCUT2D eigenvalue weighted by atomic mass is 9.94. The highest BCUT2D eigenvalue weighted by Crippen LogP contribution is 2.33. The molecule has 0 amide bonds. The lowest BCUT2D eigenvalue weighted by Crippen LogP contribution is -2.16. The van der Waals surface area contributed by atoms with Crippen LogP contribution in [-0.2, 0) is 5.60 Å². The molecule has 1 unspecified atom stereocenters. The molecule has 3 aromatic heterocycles. The molecule has 32 heavy (non-hydrogen) atoms. The summed E-state index contributed by atoms with van der Waals surface area (Å²) in [5.74, 6) is -3.19. The summed E-state index contributed by atoms with van der Waals surface area (Å²) in [6.07, 6.45) is 2.05. The summed E-state index contributed by atoms with van der Waals surface area (Å²) >= 11 is 0. The molecule has 164 valence electrons. The van der Waals surface area contributed by atoms with Crippen molar-refractivity contribution in [2.24, 2.45) is 5.16 Å². The van der Waals surface area contributed by atoms with E-state index in [0.29, 0.717) is 11.8 Å². The fourth-order valence-electron chi connectivity index (χ4n) is 3.40. The van der Waals surface area contributed by atoms with Crippen molar-refractivity contribution < 1.29 is 23.9 Å². The monoisotopic (exact) mass is 440 g/mol. The number of hydrogen-bond donors (Lipinski definition) is 2. The first-order valence-electron chi connectivity index (χ1n) is 9.56. The maximum absolute atomic E-state index is 15.5. The van der Waals surface area contributed by atoms with Crippen molar-refractivity contribution in [1.29, 1.82) is 0 Å². The molecule has 4 aromatic rings.